The highest BCUT2D eigenvalue weighted by atomic mass is 19.1. The van der Waals surface area contributed by atoms with Gasteiger partial charge >= 0.3 is 0 Å². The number of carbonyl (C=O) groups is 2. The molecule has 0 bridgehead atoms. The van der Waals surface area contributed by atoms with E-state index in [0.29, 0.717) is 60.6 Å². The maximum absolute atomic E-state index is 13.6. The fraction of sp³-hybridized carbons (Fsp3) is 0.462. The molecule has 4 heterocycles. The summed E-state index contributed by atoms with van der Waals surface area (Å²) < 4.78 is 18.8. The largest absolute Gasteiger partial charge is 0.342 e. The Morgan fingerprint density at radius 1 is 0.943 bits per heavy atom. The predicted molar refractivity (Wildman–Crippen MR) is 129 cm³/mol. The second-order valence-electron chi connectivity index (χ2n) is 9.37. The lowest BCUT2D eigenvalue weighted by atomic mass is 10.0. The molecule has 5 rings (SSSR count). The molecule has 2 aliphatic rings. The Balaban J connectivity index is 1.30. The Labute approximate surface area is 203 Å². The first-order chi connectivity index (χ1) is 17.0. The van der Waals surface area contributed by atoms with Crippen molar-refractivity contribution >= 4 is 22.9 Å². The van der Waals surface area contributed by atoms with Gasteiger partial charge in [0, 0.05) is 44.8 Å². The van der Waals surface area contributed by atoms with Crippen LogP contribution in [0, 0.1) is 12.7 Å². The topological polar surface area (TPSA) is 82.8 Å². The molecule has 0 radical (unpaired) electrons. The number of pyridine rings is 1. The minimum absolute atomic E-state index is 0.120. The van der Waals surface area contributed by atoms with Gasteiger partial charge in [-0.3, -0.25) is 14.5 Å². The van der Waals surface area contributed by atoms with Crippen molar-refractivity contribution in [2.45, 2.75) is 32.6 Å². The summed E-state index contributed by atoms with van der Waals surface area (Å²) in [6.07, 6.45) is 4.55. The number of piperazine rings is 1. The van der Waals surface area contributed by atoms with E-state index in [9.17, 15) is 14.0 Å². The standard InChI is InChI=1S/C26H30FN5O3/c1-18-24-21(16-22(28-25(24)35-29-18)19-6-8-20(27)9-7-19)26(34)32-14-12-30(13-15-32)17-23(33)31-10-4-2-3-5-11-31/h6-9,16H,2-5,10-15,17H2,1H3. The lowest BCUT2D eigenvalue weighted by Gasteiger charge is -2.35. The lowest BCUT2D eigenvalue weighted by molar-refractivity contribution is -0.132. The third-order valence-corrected chi connectivity index (χ3v) is 6.96. The van der Waals surface area contributed by atoms with E-state index in [1.165, 1.54) is 25.0 Å². The van der Waals surface area contributed by atoms with Crippen LogP contribution in [0.25, 0.3) is 22.4 Å². The van der Waals surface area contributed by atoms with E-state index in [1.54, 1.807) is 25.1 Å². The van der Waals surface area contributed by atoms with Crippen LogP contribution in [0.3, 0.4) is 0 Å². The number of benzene rings is 1. The number of hydrogen-bond acceptors (Lipinski definition) is 6. The number of hydrogen-bond donors (Lipinski definition) is 0. The summed E-state index contributed by atoms with van der Waals surface area (Å²) in [5.74, 6) is -0.272. The van der Waals surface area contributed by atoms with Crippen LogP contribution in [0.5, 0.6) is 0 Å². The van der Waals surface area contributed by atoms with Gasteiger partial charge in [0.05, 0.1) is 28.9 Å². The molecule has 0 aliphatic carbocycles. The summed E-state index contributed by atoms with van der Waals surface area (Å²) in [5.41, 5.74) is 2.58. The Kier molecular flexibility index (Phi) is 6.77. The minimum atomic E-state index is -0.339. The summed E-state index contributed by atoms with van der Waals surface area (Å²) in [5, 5.41) is 4.61. The Morgan fingerprint density at radius 2 is 1.63 bits per heavy atom. The molecule has 0 spiro atoms. The average molecular weight is 480 g/mol. The maximum Gasteiger partial charge on any atom is 0.259 e. The van der Waals surface area contributed by atoms with Gasteiger partial charge < -0.3 is 14.3 Å². The Hall–Kier alpha value is -3.33. The SMILES string of the molecule is Cc1noc2nc(-c3ccc(F)cc3)cc(C(=O)N3CCN(CC(=O)N4CCCCCC4)CC3)c12. The molecule has 2 fully saturated rings. The van der Waals surface area contributed by atoms with E-state index in [0.717, 1.165) is 25.9 Å². The second-order valence-corrected chi connectivity index (χ2v) is 9.37. The molecule has 35 heavy (non-hydrogen) atoms. The normalized spacial score (nSPS) is 17.5. The molecular weight excluding hydrogens is 449 g/mol. The van der Waals surface area contributed by atoms with Crippen molar-refractivity contribution in [3.05, 3.63) is 47.4 Å². The van der Waals surface area contributed by atoms with Gasteiger partial charge in [-0.05, 0) is 50.1 Å². The zero-order valence-corrected chi connectivity index (χ0v) is 20.0. The first-order valence-corrected chi connectivity index (χ1v) is 12.3. The van der Waals surface area contributed by atoms with Gasteiger partial charge in [0.2, 0.25) is 5.91 Å². The molecule has 0 saturated carbocycles. The minimum Gasteiger partial charge on any atom is -0.342 e. The van der Waals surface area contributed by atoms with Crippen LogP contribution in [-0.2, 0) is 4.79 Å². The summed E-state index contributed by atoms with van der Waals surface area (Å²) in [4.78, 5) is 36.8. The molecule has 0 N–H and O–H groups in total. The van der Waals surface area contributed by atoms with Crippen molar-refractivity contribution in [3.8, 4) is 11.3 Å². The molecule has 1 aromatic carbocycles. The second kappa shape index (κ2) is 10.1. The molecule has 8 nitrogen and oxygen atoms in total. The smallest absolute Gasteiger partial charge is 0.259 e. The molecule has 2 saturated heterocycles. The third-order valence-electron chi connectivity index (χ3n) is 6.96. The predicted octanol–water partition coefficient (Wildman–Crippen LogP) is 3.50. The van der Waals surface area contributed by atoms with Crippen LogP contribution in [-0.4, -0.2) is 82.5 Å². The summed E-state index contributed by atoms with van der Waals surface area (Å²) in [6, 6.07) is 7.71. The average Bonchev–Trinajstić information content (AvgIpc) is 3.07. The molecule has 2 aromatic heterocycles. The monoisotopic (exact) mass is 479 g/mol. The number of aryl methyl sites for hydroxylation is 1. The molecule has 3 aromatic rings. The van der Waals surface area contributed by atoms with E-state index in [1.807, 2.05) is 9.80 Å². The van der Waals surface area contributed by atoms with Crippen molar-refractivity contribution in [1.82, 2.24) is 24.8 Å². The summed E-state index contributed by atoms with van der Waals surface area (Å²) >= 11 is 0. The maximum atomic E-state index is 13.6. The van der Waals surface area contributed by atoms with Gasteiger partial charge in [-0.25, -0.2) is 9.37 Å². The fourth-order valence-electron chi connectivity index (χ4n) is 4.92. The number of likely N-dealkylation sites (tertiary alicyclic amines) is 1. The number of rotatable bonds is 4. The number of carbonyl (C=O) groups excluding carboxylic acids is 2. The quantitative estimate of drug-likeness (QED) is 0.570. The number of nitrogens with zero attached hydrogens (tertiary/aromatic N) is 5. The zero-order chi connectivity index (χ0) is 24.4. The fourth-order valence-corrected chi connectivity index (χ4v) is 4.92. The molecule has 0 atom stereocenters. The van der Waals surface area contributed by atoms with Crippen LogP contribution in [0.4, 0.5) is 4.39 Å². The highest BCUT2D eigenvalue weighted by molar-refractivity contribution is 6.07. The van der Waals surface area contributed by atoms with Gasteiger partial charge in [-0.1, -0.05) is 18.0 Å². The number of fused-ring (bicyclic) bond motifs is 1. The van der Waals surface area contributed by atoms with E-state index >= 15 is 0 Å². The van der Waals surface area contributed by atoms with Crippen LogP contribution in [0.15, 0.2) is 34.9 Å². The van der Waals surface area contributed by atoms with Crippen LogP contribution in [0.2, 0.25) is 0 Å². The van der Waals surface area contributed by atoms with Gasteiger partial charge in [-0.15, -0.1) is 0 Å². The van der Waals surface area contributed by atoms with Crippen molar-refractivity contribution < 1.29 is 18.5 Å². The van der Waals surface area contributed by atoms with Gasteiger partial charge in [0.1, 0.15) is 5.82 Å². The lowest BCUT2D eigenvalue weighted by Crippen LogP contribution is -2.51. The van der Waals surface area contributed by atoms with Gasteiger partial charge in [0.25, 0.3) is 11.6 Å². The van der Waals surface area contributed by atoms with E-state index < -0.39 is 0 Å². The molecule has 184 valence electrons. The summed E-state index contributed by atoms with van der Waals surface area (Å²) in [7, 11) is 0. The molecule has 2 amide bonds. The van der Waals surface area contributed by atoms with Crippen molar-refractivity contribution in [2.24, 2.45) is 0 Å². The zero-order valence-electron chi connectivity index (χ0n) is 20.0. The third kappa shape index (κ3) is 5.05. The van der Waals surface area contributed by atoms with Crippen molar-refractivity contribution in [2.75, 3.05) is 45.8 Å². The van der Waals surface area contributed by atoms with Crippen molar-refractivity contribution in [1.29, 1.82) is 0 Å². The first-order valence-electron chi connectivity index (χ1n) is 12.3. The van der Waals surface area contributed by atoms with Gasteiger partial charge in [-0.2, -0.15) is 0 Å². The Bertz CT molecular complexity index is 1210. The van der Waals surface area contributed by atoms with Crippen LogP contribution >= 0.6 is 0 Å². The number of amides is 2. The van der Waals surface area contributed by atoms with E-state index in [2.05, 4.69) is 15.0 Å². The first kappa shape index (κ1) is 23.4. The number of aromatic nitrogens is 2. The summed E-state index contributed by atoms with van der Waals surface area (Å²) in [6.45, 7) is 6.25. The molecular formula is C26H30FN5O3. The Morgan fingerprint density at radius 3 is 2.31 bits per heavy atom. The van der Waals surface area contributed by atoms with E-state index in [-0.39, 0.29) is 23.3 Å². The molecule has 2 aliphatic heterocycles. The van der Waals surface area contributed by atoms with Crippen LogP contribution in [0.1, 0.15) is 41.7 Å². The van der Waals surface area contributed by atoms with Crippen molar-refractivity contribution in [3.63, 3.8) is 0 Å². The highest BCUT2D eigenvalue weighted by Gasteiger charge is 2.28. The van der Waals surface area contributed by atoms with Crippen LogP contribution < -0.4 is 0 Å². The van der Waals surface area contributed by atoms with Gasteiger partial charge in [0.15, 0.2) is 0 Å². The highest BCUT2D eigenvalue weighted by Crippen LogP contribution is 2.28. The molecule has 0 unspecified atom stereocenters. The van der Waals surface area contributed by atoms with E-state index in [4.69, 9.17) is 4.52 Å². The number of halogens is 1. The molecule has 9 heteroatoms.